The zero-order valence-corrected chi connectivity index (χ0v) is 19.5. The van der Waals surface area contributed by atoms with Crippen molar-refractivity contribution in [2.24, 2.45) is 0 Å². The van der Waals surface area contributed by atoms with Crippen molar-refractivity contribution in [3.05, 3.63) is 69.2 Å². The highest BCUT2D eigenvalue weighted by Gasteiger charge is 2.40. The molecular formula is C25H25BrN2O4. The van der Waals surface area contributed by atoms with Gasteiger partial charge in [0.1, 0.15) is 17.9 Å². The highest BCUT2D eigenvalue weighted by atomic mass is 79.9. The lowest BCUT2D eigenvalue weighted by Crippen LogP contribution is -2.58. The number of benzene rings is 2. The lowest BCUT2D eigenvalue weighted by Gasteiger charge is -2.35. The summed E-state index contributed by atoms with van der Waals surface area (Å²) < 4.78 is 6.60. The van der Waals surface area contributed by atoms with Crippen molar-refractivity contribution in [2.75, 3.05) is 0 Å². The third-order valence-corrected chi connectivity index (χ3v) is 6.47. The van der Waals surface area contributed by atoms with Crippen molar-refractivity contribution < 1.29 is 19.1 Å². The number of nitrogens with one attached hydrogen (secondary N) is 1. The van der Waals surface area contributed by atoms with E-state index >= 15 is 0 Å². The number of nitrogens with zero attached hydrogens (tertiary/aromatic N) is 1. The summed E-state index contributed by atoms with van der Waals surface area (Å²) in [6.07, 6.45) is 6.14. The zero-order chi connectivity index (χ0) is 22.7. The summed E-state index contributed by atoms with van der Waals surface area (Å²) in [5.41, 5.74) is 2.88. The van der Waals surface area contributed by atoms with E-state index in [2.05, 4.69) is 21.2 Å². The standard InChI is InChI=1S/C25H25BrN2O4/c1-16-7-9-17(10-8-16)15-32-22-12-11-18(14-21(22)26)13-20-23(29)27-25(31)28(24(20)30)19-5-3-2-4-6-19/h7-14,19H,2-6,15H2,1H3,(H,27,29,31). The normalized spacial score (nSPS) is 18.8. The van der Waals surface area contributed by atoms with Crippen molar-refractivity contribution >= 4 is 39.9 Å². The second-order valence-corrected chi connectivity index (χ2v) is 9.10. The molecule has 1 saturated carbocycles. The van der Waals surface area contributed by atoms with Crippen molar-refractivity contribution in [3.63, 3.8) is 0 Å². The number of aryl methyl sites for hydroxylation is 1. The van der Waals surface area contributed by atoms with Crippen LogP contribution >= 0.6 is 15.9 Å². The number of amides is 4. The first-order valence-corrected chi connectivity index (χ1v) is 11.6. The second kappa shape index (κ2) is 9.69. The Labute approximate surface area is 195 Å². The first kappa shape index (κ1) is 22.3. The molecule has 1 heterocycles. The van der Waals surface area contributed by atoms with Crippen LogP contribution in [-0.2, 0) is 16.2 Å². The highest BCUT2D eigenvalue weighted by molar-refractivity contribution is 9.10. The molecule has 0 radical (unpaired) electrons. The SMILES string of the molecule is Cc1ccc(COc2ccc(C=C3C(=O)NC(=O)N(C4CCCCC4)C3=O)cc2Br)cc1. The van der Waals surface area contributed by atoms with E-state index in [1.165, 1.54) is 16.5 Å². The number of hydrogen-bond acceptors (Lipinski definition) is 4. The third kappa shape index (κ3) is 4.93. The van der Waals surface area contributed by atoms with Crippen molar-refractivity contribution in [2.45, 2.75) is 51.7 Å². The molecule has 1 saturated heterocycles. The molecule has 4 rings (SSSR count). The fraction of sp³-hybridized carbons (Fsp3) is 0.320. The van der Waals surface area contributed by atoms with Crippen LogP contribution in [0.1, 0.15) is 48.8 Å². The fourth-order valence-corrected chi connectivity index (χ4v) is 4.59. The predicted octanol–water partition coefficient (Wildman–Crippen LogP) is 5.13. The monoisotopic (exact) mass is 496 g/mol. The molecule has 2 aromatic carbocycles. The maximum atomic E-state index is 13.0. The topological polar surface area (TPSA) is 75.7 Å². The van der Waals surface area contributed by atoms with Crippen LogP contribution in [0.5, 0.6) is 5.75 Å². The maximum absolute atomic E-state index is 13.0. The smallest absolute Gasteiger partial charge is 0.331 e. The Bertz CT molecular complexity index is 1070. The molecule has 166 valence electrons. The summed E-state index contributed by atoms with van der Waals surface area (Å²) in [5, 5.41) is 2.32. The summed E-state index contributed by atoms with van der Waals surface area (Å²) in [6.45, 7) is 2.47. The Kier molecular flexibility index (Phi) is 6.74. The third-order valence-electron chi connectivity index (χ3n) is 5.85. The number of halogens is 1. The Morgan fingerprint density at radius 2 is 1.78 bits per heavy atom. The summed E-state index contributed by atoms with van der Waals surface area (Å²) in [7, 11) is 0. The quantitative estimate of drug-likeness (QED) is 0.459. The summed E-state index contributed by atoms with van der Waals surface area (Å²) in [6, 6.07) is 12.7. The van der Waals surface area contributed by atoms with Crippen LogP contribution in [0.3, 0.4) is 0 Å². The minimum Gasteiger partial charge on any atom is -0.488 e. The van der Waals surface area contributed by atoms with Gasteiger partial charge in [0, 0.05) is 6.04 Å². The Morgan fingerprint density at radius 1 is 1.06 bits per heavy atom. The van der Waals surface area contributed by atoms with Gasteiger partial charge in [-0.25, -0.2) is 4.79 Å². The molecule has 0 spiro atoms. The van der Waals surface area contributed by atoms with Gasteiger partial charge < -0.3 is 4.74 Å². The van der Waals surface area contributed by atoms with Crippen LogP contribution in [0, 0.1) is 6.92 Å². The number of ether oxygens (including phenoxy) is 1. The number of urea groups is 1. The summed E-state index contributed by atoms with van der Waals surface area (Å²) in [4.78, 5) is 39.0. The molecule has 1 aliphatic heterocycles. The maximum Gasteiger partial charge on any atom is 0.331 e. The molecule has 2 fully saturated rings. The average Bonchev–Trinajstić information content (AvgIpc) is 2.78. The molecule has 0 atom stereocenters. The number of carbonyl (C=O) groups is 3. The molecule has 6 nitrogen and oxygen atoms in total. The molecule has 0 aromatic heterocycles. The van der Waals surface area contributed by atoms with Crippen LogP contribution in [0.2, 0.25) is 0 Å². The number of hydrogen-bond donors (Lipinski definition) is 1. The number of imide groups is 2. The van der Waals surface area contributed by atoms with E-state index in [4.69, 9.17) is 4.74 Å². The second-order valence-electron chi connectivity index (χ2n) is 8.25. The molecule has 4 amide bonds. The van der Waals surface area contributed by atoms with Crippen LogP contribution in [0.25, 0.3) is 6.08 Å². The lowest BCUT2D eigenvalue weighted by atomic mass is 9.93. The van der Waals surface area contributed by atoms with Gasteiger partial charge in [0.05, 0.1) is 4.47 Å². The minimum absolute atomic E-state index is 0.0320. The van der Waals surface area contributed by atoms with Gasteiger partial charge in [-0.1, -0.05) is 55.2 Å². The predicted molar refractivity (Wildman–Crippen MR) is 125 cm³/mol. The molecule has 1 aliphatic carbocycles. The fourth-order valence-electron chi connectivity index (χ4n) is 4.08. The van der Waals surface area contributed by atoms with E-state index in [-0.39, 0.29) is 11.6 Å². The average molecular weight is 497 g/mol. The molecule has 2 aromatic rings. The number of rotatable bonds is 5. The van der Waals surface area contributed by atoms with Gasteiger partial charge in [0.25, 0.3) is 11.8 Å². The van der Waals surface area contributed by atoms with Crippen LogP contribution < -0.4 is 10.1 Å². The molecular weight excluding hydrogens is 472 g/mol. The van der Waals surface area contributed by atoms with E-state index in [0.29, 0.717) is 22.4 Å². The number of carbonyl (C=O) groups excluding carboxylic acids is 3. The van der Waals surface area contributed by atoms with Crippen LogP contribution in [0.15, 0.2) is 52.5 Å². The van der Waals surface area contributed by atoms with E-state index < -0.39 is 17.8 Å². The van der Waals surface area contributed by atoms with Gasteiger partial charge in [-0.15, -0.1) is 0 Å². The van der Waals surface area contributed by atoms with Crippen LogP contribution in [-0.4, -0.2) is 28.8 Å². The van der Waals surface area contributed by atoms with E-state index in [0.717, 1.165) is 37.7 Å². The molecule has 7 heteroatoms. The number of barbiturate groups is 1. The Hall–Kier alpha value is -2.93. The van der Waals surface area contributed by atoms with Gasteiger partial charge in [-0.3, -0.25) is 19.8 Å². The van der Waals surface area contributed by atoms with E-state index in [9.17, 15) is 14.4 Å². The Balaban J connectivity index is 1.50. The van der Waals surface area contributed by atoms with E-state index in [1.807, 2.05) is 31.2 Å². The lowest BCUT2D eigenvalue weighted by molar-refractivity contribution is -0.132. The van der Waals surface area contributed by atoms with Crippen molar-refractivity contribution in [1.82, 2.24) is 10.2 Å². The highest BCUT2D eigenvalue weighted by Crippen LogP contribution is 2.29. The molecule has 2 aliphatic rings. The first-order chi connectivity index (χ1) is 15.4. The van der Waals surface area contributed by atoms with Crippen molar-refractivity contribution in [1.29, 1.82) is 0 Å². The van der Waals surface area contributed by atoms with Gasteiger partial charge >= 0.3 is 6.03 Å². The molecule has 0 unspecified atom stereocenters. The molecule has 0 bridgehead atoms. The van der Waals surface area contributed by atoms with Gasteiger partial charge in [0.15, 0.2) is 0 Å². The summed E-state index contributed by atoms with van der Waals surface area (Å²) >= 11 is 3.51. The van der Waals surface area contributed by atoms with Crippen molar-refractivity contribution in [3.8, 4) is 5.75 Å². The molecule has 1 N–H and O–H groups in total. The largest absolute Gasteiger partial charge is 0.488 e. The Morgan fingerprint density at radius 3 is 2.47 bits per heavy atom. The van der Waals surface area contributed by atoms with Gasteiger partial charge in [-0.05, 0) is 65.0 Å². The van der Waals surface area contributed by atoms with Gasteiger partial charge in [0.2, 0.25) is 0 Å². The van der Waals surface area contributed by atoms with E-state index in [1.54, 1.807) is 18.2 Å². The summed E-state index contributed by atoms with van der Waals surface area (Å²) in [5.74, 6) is -0.532. The zero-order valence-electron chi connectivity index (χ0n) is 17.9. The van der Waals surface area contributed by atoms with Gasteiger partial charge in [-0.2, -0.15) is 0 Å². The van der Waals surface area contributed by atoms with Crippen LogP contribution in [0.4, 0.5) is 4.79 Å². The molecule has 32 heavy (non-hydrogen) atoms. The first-order valence-electron chi connectivity index (χ1n) is 10.8. The minimum atomic E-state index is -0.664.